The fourth-order valence-electron chi connectivity index (χ4n) is 1.22. The zero-order valence-electron chi connectivity index (χ0n) is 7.41. The molecule has 80 valence electrons. The Kier molecular flexibility index (Phi) is 2.86. The number of ether oxygens (including phenoxy) is 1. The van der Waals surface area contributed by atoms with Crippen LogP contribution in [0, 0.1) is 0 Å². The number of para-hydroxylation sites is 1. The minimum absolute atomic E-state index is 0.409. The average molecular weight is 278 g/mol. The molecule has 3 nitrogen and oxygen atoms in total. The lowest BCUT2D eigenvalue weighted by atomic mass is 10.2. The van der Waals surface area contributed by atoms with Crippen LogP contribution >= 0.6 is 15.9 Å². The number of hydrogen-bond donors (Lipinski definition) is 0. The standard InChI is InChI=1S/C9H6BrF2NO2/c10-4-5-2-1-3-6-7(5)14-9(13-6)15-8(11)12/h1-3,8H,4H2. The SMILES string of the molecule is FC(F)Oc1nc2cccc(CBr)c2o1. The van der Waals surface area contributed by atoms with Gasteiger partial charge in [-0.05, 0) is 6.07 Å². The molecule has 1 aromatic heterocycles. The van der Waals surface area contributed by atoms with Gasteiger partial charge in [0.2, 0.25) is 0 Å². The molecule has 0 aliphatic carbocycles. The van der Waals surface area contributed by atoms with E-state index in [4.69, 9.17) is 4.42 Å². The fourth-order valence-corrected chi connectivity index (χ4v) is 1.66. The molecular formula is C9H6BrF2NO2. The first-order valence-electron chi connectivity index (χ1n) is 4.10. The molecule has 15 heavy (non-hydrogen) atoms. The van der Waals surface area contributed by atoms with Crippen LogP contribution in [-0.4, -0.2) is 11.6 Å². The van der Waals surface area contributed by atoms with Gasteiger partial charge in [0.05, 0.1) is 0 Å². The Morgan fingerprint density at radius 2 is 2.27 bits per heavy atom. The highest BCUT2D eigenvalue weighted by Crippen LogP contribution is 2.26. The van der Waals surface area contributed by atoms with E-state index in [2.05, 4.69) is 25.7 Å². The summed E-state index contributed by atoms with van der Waals surface area (Å²) in [6.45, 7) is -2.93. The number of nitrogens with zero attached hydrogens (tertiary/aromatic N) is 1. The van der Waals surface area contributed by atoms with Crippen LogP contribution in [-0.2, 0) is 5.33 Å². The molecule has 0 unspecified atom stereocenters. The quantitative estimate of drug-likeness (QED) is 0.808. The Morgan fingerprint density at radius 1 is 1.47 bits per heavy atom. The third-order valence-electron chi connectivity index (χ3n) is 1.81. The van der Waals surface area contributed by atoms with Crippen LogP contribution in [0.5, 0.6) is 6.08 Å². The molecule has 2 aromatic rings. The van der Waals surface area contributed by atoms with Crippen molar-refractivity contribution in [2.45, 2.75) is 11.9 Å². The number of fused-ring (bicyclic) bond motifs is 1. The molecule has 0 saturated carbocycles. The molecule has 1 aromatic carbocycles. The zero-order valence-corrected chi connectivity index (χ0v) is 9.00. The second kappa shape index (κ2) is 4.14. The van der Waals surface area contributed by atoms with E-state index in [1.165, 1.54) is 0 Å². The van der Waals surface area contributed by atoms with Gasteiger partial charge in [0, 0.05) is 10.9 Å². The van der Waals surface area contributed by atoms with E-state index in [0.717, 1.165) is 5.56 Å². The summed E-state index contributed by atoms with van der Waals surface area (Å²) in [7, 11) is 0. The maximum absolute atomic E-state index is 11.9. The van der Waals surface area contributed by atoms with Crippen LogP contribution in [0.3, 0.4) is 0 Å². The van der Waals surface area contributed by atoms with Crippen LogP contribution in [0.4, 0.5) is 8.78 Å². The summed E-state index contributed by atoms with van der Waals surface area (Å²) < 4.78 is 32.9. The lowest BCUT2D eigenvalue weighted by Crippen LogP contribution is -2.01. The van der Waals surface area contributed by atoms with Gasteiger partial charge in [-0.1, -0.05) is 28.1 Å². The van der Waals surface area contributed by atoms with Crippen molar-refractivity contribution < 1.29 is 17.9 Å². The Balaban J connectivity index is 2.45. The van der Waals surface area contributed by atoms with Gasteiger partial charge in [0.1, 0.15) is 5.52 Å². The van der Waals surface area contributed by atoms with E-state index >= 15 is 0 Å². The van der Waals surface area contributed by atoms with E-state index in [0.29, 0.717) is 16.4 Å². The highest BCUT2D eigenvalue weighted by Gasteiger charge is 2.13. The predicted molar refractivity (Wildman–Crippen MR) is 53.3 cm³/mol. The molecule has 0 atom stereocenters. The van der Waals surface area contributed by atoms with Crippen LogP contribution < -0.4 is 4.74 Å². The van der Waals surface area contributed by atoms with Gasteiger partial charge >= 0.3 is 12.7 Å². The van der Waals surface area contributed by atoms with E-state index in [-0.39, 0.29) is 0 Å². The zero-order chi connectivity index (χ0) is 10.8. The van der Waals surface area contributed by atoms with Crippen LogP contribution in [0.25, 0.3) is 11.1 Å². The van der Waals surface area contributed by atoms with Crippen molar-refractivity contribution in [1.82, 2.24) is 4.98 Å². The van der Waals surface area contributed by atoms with Gasteiger partial charge in [-0.3, -0.25) is 0 Å². The van der Waals surface area contributed by atoms with Crippen LogP contribution in [0.15, 0.2) is 22.6 Å². The van der Waals surface area contributed by atoms with Gasteiger partial charge < -0.3 is 9.15 Å². The number of aromatic nitrogens is 1. The molecule has 0 amide bonds. The lowest BCUT2D eigenvalue weighted by molar-refractivity contribution is -0.0664. The largest absolute Gasteiger partial charge is 0.408 e. The summed E-state index contributed by atoms with van der Waals surface area (Å²) in [5.74, 6) is 0. The van der Waals surface area contributed by atoms with E-state index in [1.54, 1.807) is 12.1 Å². The van der Waals surface area contributed by atoms with Crippen molar-refractivity contribution in [3.05, 3.63) is 23.8 Å². The number of hydrogen-bond acceptors (Lipinski definition) is 3. The molecule has 2 rings (SSSR count). The number of alkyl halides is 3. The minimum Gasteiger partial charge on any atom is -0.408 e. The summed E-state index contributed by atoms with van der Waals surface area (Å²) in [6, 6.07) is 5.26. The molecule has 0 fully saturated rings. The monoisotopic (exact) mass is 277 g/mol. The highest BCUT2D eigenvalue weighted by molar-refractivity contribution is 9.08. The third kappa shape index (κ3) is 2.09. The highest BCUT2D eigenvalue weighted by atomic mass is 79.9. The number of oxazole rings is 1. The van der Waals surface area contributed by atoms with Crippen LogP contribution in [0.2, 0.25) is 0 Å². The predicted octanol–water partition coefficient (Wildman–Crippen LogP) is 3.32. The molecule has 0 saturated heterocycles. The van der Waals surface area contributed by atoms with E-state index in [9.17, 15) is 8.78 Å². The fraction of sp³-hybridized carbons (Fsp3) is 0.222. The van der Waals surface area contributed by atoms with Crippen LogP contribution in [0.1, 0.15) is 5.56 Å². The molecular weight excluding hydrogens is 272 g/mol. The Bertz CT molecular complexity index is 472. The molecule has 0 N–H and O–H groups in total. The summed E-state index contributed by atoms with van der Waals surface area (Å²) >= 11 is 3.26. The first-order valence-corrected chi connectivity index (χ1v) is 5.22. The normalized spacial score (nSPS) is 11.2. The molecule has 1 heterocycles. The Labute approximate surface area is 92.2 Å². The van der Waals surface area contributed by atoms with Crippen molar-refractivity contribution in [2.75, 3.05) is 0 Å². The van der Waals surface area contributed by atoms with E-state index in [1.807, 2.05) is 6.07 Å². The van der Waals surface area contributed by atoms with Gasteiger partial charge in [-0.15, -0.1) is 0 Å². The molecule has 0 radical (unpaired) electrons. The molecule has 0 aliphatic heterocycles. The van der Waals surface area contributed by atoms with Gasteiger partial charge in [0.15, 0.2) is 5.58 Å². The van der Waals surface area contributed by atoms with Gasteiger partial charge in [-0.25, -0.2) is 0 Å². The topological polar surface area (TPSA) is 35.3 Å². The number of rotatable bonds is 3. The second-order valence-corrected chi connectivity index (χ2v) is 3.32. The molecule has 6 heteroatoms. The number of halogens is 3. The molecule has 0 aliphatic rings. The Morgan fingerprint density at radius 3 is 2.93 bits per heavy atom. The minimum atomic E-state index is -2.93. The first kappa shape index (κ1) is 10.4. The van der Waals surface area contributed by atoms with Crippen molar-refractivity contribution in [1.29, 1.82) is 0 Å². The van der Waals surface area contributed by atoms with Gasteiger partial charge in [-0.2, -0.15) is 13.8 Å². The van der Waals surface area contributed by atoms with Crippen molar-refractivity contribution >= 4 is 27.0 Å². The first-order chi connectivity index (χ1) is 7.20. The second-order valence-electron chi connectivity index (χ2n) is 2.76. The average Bonchev–Trinajstić information content (AvgIpc) is 2.58. The van der Waals surface area contributed by atoms with E-state index < -0.39 is 12.7 Å². The molecule has 0 spiro atoms. The maximum Gasteiger partial charge on any atom is 0.399 e. The lowest BCUT2D eigenvalue weighted by Gasteiger charge is -1.96. The van der Waals surface area contributed by atoms with Crippen molar-refractivity contribution in [3.8, 4) is 6.08 Å². The summed E-state index contributed by atoms with van der Waals surface area (Å²) in [4.78, 5) is 3.77. The summed E-state index contributed by atoms with van der Waals surface area (Å²) in [6.07, 6.45) is -0.409. The van der Waals surface area contributed by atoms with Crippen molar-refractivity contribution in [2.24, 2.45) is 0 Å². The summed E-state index contributed by atoms with van der Waals surface area (Å²) in [5, 5.41) is 0.563. The molecule has 0 bridgehead atoms. The summed E-state index contributed by atoms with van der Waals surface area (Å²) in [5.41, 5.74) is 1.80. The van der Waals surface area contributed by atoms with Gasteiger partial charge in [0.25, 0.3) is 0 Å². The maximum atomic E-state index is 11.9. The Hall–Kier alpha value is -1.17. The number of benzene rings is 1. The van der Waals surface area contributed by atoms with Crippen molar-refractivity contribution in [3.63, 3.8) is 0 Å². The smallest absolute Gasteiger partial charge is 0.399 e. The third-order valence-corrected chi connectivity index (χ3v) is 2.41.